The Morgan fingerprint density at radius 3 is 2.41 bits per heavy atom. The molecule has 1 N–H and O–H groups in total. The number of amides is 3. The van der Waals surface area contributed by atoms with Crippen LogP contribution in [0.5, 0.6) is 5.75 Å². The second-order valence-corrected chi connectivity index (χ2v) is 12.9. The molecule has 46 heavy (non-hydrogen) atoms. The van der Waals surface area contributed by atoms with Gasteiger partial charge >= 0.3 is 0 Å². The van der Waals surface area contributed by atoms with Crippen molar-refractivity contribution in [3.05, 3.63) is 49.6 Å². The number of benzene rings is 1. The lowest BCUT2D eigenvalue weighted by Gasteiger charge is -2.39. The van der Waals surface area contributed by atoms with Gasteiger partial charge in [0.25, 0.3) is 0 Å². The van der Waals surface area contributed by atoms with Gasteiger partial charge in [-0.3, -0.25) is 19.3 Å². The number of rotatable bonds is 15. The zero-order valence-corrected chi connectivity index (χ0v) is 27.6. The summed E-state index contributed by atoms with van der Waals surface area (Å²) >= 11 is 0. The second-order valence-electron chi connectivity index (χ2n) is 12.9. The van der Waals surface area contributed by atoms with E-state index in [1.807, 2.05) is 45.0 Å². The molecule has 2 unspecified atom stereocenters. The summed E-state index contributed by atoms with van der Waals surface area (Å²) in [5.74, 6) is -1.78. The molecule has 0 aliphatic carbocycles. The summed E-state index contributed by atoms with van der Waals surface area (Å²) in [5, 5.41) is 10.5. The Morgan fingerprint density at radius 2 is 1.80 bits per heavy atom. The fourth-order valence-electron chi connectivity index (χ4n) is 8.04. The number of hydrogen-bond acceptors (Lipinski definition) is 8. The average molecular weight is 639 g/mol. The first-order valence-corrected chi connectivity index (χ1v) is 16.7. The van der Waals surface area contributed by atoms with Crippen LogP contribution in [0.15, 0.2) is 49.6 Å². The van der Waals surface area contributed by atoms with Crippen molar-refractivity contribution in [1.29, 1.82) is 0 Å². The Labute approximate surface area is 272 Å². The highest BCUT2D eigenvalue weighted by atomic mass is 16.5. The van der Waals surface area contributed by atoms with Crippen molar-refractivity contribution < 1.29 is 33.7 Å². The third-order valence-corrected chi connectivity index (χ3v) is 10.3. The number of ether oxygens (including phenoxy) is 3. The number of carbonyl (C=O) groups is 3. The number of carbonyl (C=O) groups excluding carboxylic acids is 3. The van der Waals surface area contributed by atoms with Crippen LogP contribution in [0.25, 0.3) is 0 Å². The van der Waals surface area contributed by atoms with Crippen molar-refractivity contribution in [2.75, 3.05) is 70.6 Å². The van der Waals surface area contributed by atoms with Crippen molar-refractivity contribution >= 4 is 23.4 Å². The van der Waals surface area contributed by atoms with E-state index >= 15 is 0 Å². The molecule has 5 rings (SSSR count). The van der Waals surface area contributed by atoms with Crippen LogP contribution in [0, 0.1) is 11.8 Å². The molecule has 4 saturated heterocycles. The number of aliphatic hydroxyl groups is 1. The minimum Gasteiger partial charge on any atom is -0.494 e. The number of anilines is 1. The summed E-state index contributed by atoms with van der Waals surface area (Å²) in [6.45, 7) is 18.3. The van der Waals surface area contributed by atoms with E-state index in [1.165, 1.54) is 0 Å². The smallest absolute Gasteiger partial charge is 0.248 e. The van der Waals surface area contributed by atoms with E-state index in [0.29, 0.717) is 70.2 Å². The number of fused-ring (bicyclic) bond motifs is 1. The van der Waals surface area contributed by atoms with E-state index in [9.17, 15) is 19.5 Å². The molecule has 11 heteroatoms. The molecule has 252 valence electrons. The van der Waals surface area contributed by atoms with Crippen LogP contribution in [0.1, 0.15) is 40.0 Å². The molecular weight excluding hydrogens is 588 g/mol. The Balaban J connectivity index is 1.51. The molecule has 4 aliphatic heterocycles. The lowest BCUT2D eigenvalue weighted by atomic mass is 9.66. The van der Waals surface area contributed by atoms with E-state index in [2.05, 4.69) is 18.1 Å². The zero-order chi connectivity index (χ0) is 33.1. The van der Waals surface area contributed by atoms with Gasteiger partial charge in [0, 0.05) is 45.0 Å². The lowest BCUT2D eigenvalue weighted by molar-refractivity contribution is -0.154. The van der Waals surface area contributed by atoms with Crippen molar-refractivity contribution in [2.45, 2.75) is 63.3 Å². The largest absolute Gasteiger partial charge is 0.494 e. The minimum absolute atomic E-state index is 0.234. The van der Waals surface area contributed by atoms with Crippen LogP contribution in [0.3, 0.4) is 0 Å². The van der Waals surface area contributed by atoms with E-state index < -0.39 is 35.1 Å². The highest BCUT2D eigenvalue weighted by Crippen LogP contribution is 2.64. The quantitative estimate of drug-likeness (QED) is 0.292. The molecule has 3 amide bonds. The van der Waals surface area contributed by atoms with Crippen LogP contribution in [0.2, 0.25) is 0 Å². The summed E-state index contributed by atoms with van der Waals surface area (Å²) in [6, 6.07) is 5.73. The van der Waals surface area contributed by atoms with E-state index in [-0.39, 0.29) is 30.9 Å². The molecule has 11 nitrogen and oxygen atoms in total. The van der Waals surface area contributed by atoms with Crippen molar-refractivity contribution in [2.24, 2.45) is 11.8 Å². The maximum atomic E-state index is 14.7. The molecule has 1 aromatic carbocycles. The van der Waals surface area contributed by atoms with Crippen LogP contribution in [0.4, 0.5) is 5.69 Å². The maximum absolute atomic E-state index is 14.7. The first-order chi connectivity index (χ1) is 22.2. The molecule has 6 atom stereocenters. The van der Waals surface area contributed by atoms with Crippen molar-refractivity contribution in [3.63, 3.8) is 0 Å². The van der Waals surface area contributed by atoms with Gasteiger partial charge < -0.3 is 34.0 Å². The average Bonchev–Trinajstić information content (AvgIpc) is 3.64. The normalized spacial score (nSPS) is 29.3. The van der Waals surface area contributed by atoms with Gasteiger partial charge in [0.15, 0.2) is 0 Å². The van der Waals surface area contributed by atoms with Gasteiger partial charge in [-0.05, 0) is 57.4 Å². The Kier molecular flexibility index (Phi) is 10.6. The Hall–Kier alpha value is -3.25. The number of nitrogens with zero attached hydrogens (tertiary/aromatic N) is 4. The van der Waals surface area contributed by atoms with Crippen molar-refractivity contribution in [3.8, 4) is 5.75 Å². The number of aliphatic hydroxyl groups excluding tert-OH is 1. The standard InChI is InChI=1S/C35H50N4O7/c1-6-16-37(19-18-36-20-22-44-23-21-36)33(43)30-35-15-14-34(5,46-35)28(29(35)32(42)39(30)25(8-3)24-40)31(41)38(17-7-2)26-10-12-27(13-11-26)45-9-4/h6-7,10-13,25,28-30,40H,1-2,8-9,14-24H2,3-5H3/t25-,28-,29-,30?,34+,35?/m0/s1. The van der Waals surface area contributed by atoms with Gasteiger partial charge in [-0.2, -0.15) is 0 Å². The molecule has 4 aliphatic rings. The van der Waals surface area contributed by atoms with Gasteiger partial charge in [-0.1, -0.05) is 19.1 Å². The SMILES string of the molecule is C=CCN(CCN1CCOCC1)C(=O)C1N([C@@H](CC)CO)C(=O)[C@@H]2[C@@H](C(=O)N(CC=C)c3ccc(OCC)cc3)[C@@]3(C)CCC12O3. The molecule has 4 fully saturated rings. The summed E-state index contributed by atoms with van der Waals surface area (Å²) in [7, 11) is 0. The molecule has 0 aromatic heterocycles. The van der Waals surface area contributed by atoms with Gasteiger partial charge in [0.05, 0.1) is 49.9 Å². The number of hydrogen-bond donors (Lipinski definition) is 1. The highest BCUT2D eigenvalue weighted by molar-refractivity contribution is 6.03. The lowest BCUT2D eigenvalue weighted by Crippen LogP contribution is -2.59. The van der Waals surface area contributed by atoms with Gasteiger partial charge in [0.1, 0.15) is 17.4 Å². The fourth-order valence-corrected chi connectivity index (χ4v) is 8.04. The van der Waals surface area contributed by atoms with Gasteiger partial charge in [0.2, 0.25) is 17.7 Å². The Morgan fingerprint density at radius 1 is 1.11 bits per heavy atom. The van der Waals surface area contributed by atoms with E-state index in [0.717, 1.165) is 13.1 Å². The Bertz CT molecular complexity index is 1280. The fraction of sp³-hybridized carbons (Fsp3) is 0.629. The number of likely N-dealkylation sites (tertiary alicyclic amines) is 1. The van der Waals surface area contributed by atoms with Crippen molar-refractivity contribution in [1.82, 2.24) is 14.7 Å². The van der Waals surface area contributed by atoms with Crippen LogP contribution in [-0.4, -0.2) is 127 Å². The zero-order valence-electron chi connectivity index (χ0n) is 27.6. The van der Waals surface area contributed by atoms with E-state index in [4.69, 9.17) is 14.2 Å². The number of morpholine rings is 1. The molecule has 4 heterocycles. The van der Waals surface area contributed by atoms with Crippen LogP contribution < -0.4 is 9.64 Å². The minimum atomic E-state index is -1.19. The summed E-state index contributed by atoms with van der Waals surface area (Å²) in [4.78, 5) is 51.2. The molecule has 0 radical (unpaired) electrons. The third kappa shape index (κ3) is 5.98. The van der Waals surface area contributed by atoms with Gasteiger partial charge in [-0.25, -0.2) is 0 Å². The predicted octanol–water partition coefficient (Wildman–Crippen LogP) is 2.49. The predicted molar refractivity (Wildman–Crippen MR) is 174 cm³/mol. The molecule has 2 bridgehead atoms. The second kappa shape index (κ2) is 14.3. The summed E-state index contributed by atoms with van der Waals surface area (Å²) in [6.07, 6.45) is 4.81. The molecule has 1 spiro atoms. The first kappa shape index (κ1) is 34.1. The maximum Gasteiger partial charge on any atom is 0.248 e. The summed E-state index contributed by atoms with van der Waals surface area (Å²) in [5.41, 5.74) is -1.47. The van der Waals surface area contributed by atoms with Gasteiger partial charge in [-0.15, -0.1) is 13.2 Å². The molecular formula is C35H50N4O7. The highest BCUT2D eigenvalue weighted by Gasteiger charge is 2.78. The van der Waals surface area contributed by atoms with E-state index in [1.54, 1.807) is 26.9 Å². The summed E-state index contributed by atoms with van der Waals surface area (Å²) < 4.78 is 18.0. The van der Waals surface area contributed by atoms with Crippen LogP contribution >= 0.6 is 0 Å². The third-order valence-electron chi connectivity index (χ3n) is 10.3. The monoisotopic (exact) mass is 638 g/mol. The van der Waals surface area contributed by atoms with Crippen LogP contribution in [-0.2, 0) is 23.9 Å². The first-order valence-electron chi connectivity index (χ1n) is 16.7. The topological polar surface area (TPSA) is 112 Å². The molecule has 0 saturated carbocycles. The molecule has 1 aromatic rings.